The predicted molar refractivity (Wildman–Crippen MR) is 99.0 cm³/mol. The van der Waals surface area contributed by atoms with Crippen molar-refractivity contribution in [1.82, 2.24) is 0 Å². The van der Waals surface area contributed by atoms with Crippen LogP contribution in [-0.4, -0.2) is 29.2 Å². The number of benzene rings is 2. The average molecular weight is 368 g/mol. The fourth-order valence-corrected chi connectivity index (χ4v) is 2.26. The summed E-state index contributed by atoms with van der Waals surface area (Å²) in [7, 11) is 0. The molecule has 7 nitrogen and oxygen atoms in total. The van der Waals surface area contributed by atoms with Crippen LogP contribution in [0.3, 0.4) is 0 Å². The van der Waals surface area contributed by atoms with Gasteiger partial charge in [0.15, 0.2) is 6.10 Å². The van der Waals surface area contributed by atoms with E-state index in [1.54, 1.807) is 24.3 Å². The maximum Gasteiger partial charge on any atom is 0.335 e. The smallest absolute Gasteiger partial charge is 0.335 e. The van der Waals surface area contributed by atoms with Crippen LogP contribution in [0.4, 0.5) is 5.69 Å². The number of ether oxygens (including phenoxy) is 2. The highest BCUT2D eigenvalue weighted by molar-refractivity contribution is 5.97. The van der Waals surface area contributed by atoms with Gasteiger partial charge in [-0.15, -0.1) is 0 Å². The molecule has 2 rings (SSSR count). The Morgan fingerprint density at radius 1 is 1.07 bits per heavy atom. The molecule has 0 fully saturated rings. The van der Waals surface area contributed by atoms with E-state index in [0.29, 0.717) is 17.1 Å². The third kappa shape index (κ3) is 5.22. The Bertz CT molecular complexity index is 886. The summed E-state index contributed by atoms with van der Waals surface area (Å²) in [5.74, 6) is -0.971. The molecule has 1 amide bonds. The van der Waals surface area contributed by atoms with E-state index in [4.69, 9.17) is 19.8 Å². The molecule has 2 N–H and O–H groups in total. The zero-order chi connectivity index (χ0) is 20.0. The minimum atomic E-state index is -1.12. The standard InChI is InChI=1S/C20H20N2O5/c1-12(2)26-18-9-8-14(20(24)25)10-16(18)22-19(23)13(3)27-17-7-5-4-6-15(17)11-21/h4-10,12-13H,1-3H3,(H,22,23)(H,24,25). The van der Waals surface area contributed by atoms with Crippen molar-refractivity contribution >= 4 is 17.6 Å². The molecule has 1 unspecified atom stereocenters. The first-order valence-electron chi connectivity index (χ1n) is 8.32. The number of aromatic carboxylic acids is 1. The molecule has 0 aliphatic rings. The van der Waals surface area contributed by atoms with E-state index in [1.807, 2.05) is 19.9 Å². The van der Waals surface area contributed by atoms with E-state index >= 15 is 0 Å². The van der Waals surface area contributed by atoms with E-state index in [2.05, 4.69) is 5.32 Å². The summed E-state index contributed by atoms with van der Waals surface area (Å²) in [6, 6.07) is 12.8. The fraction of sp³-hybridized carbons (Fsp3) is 0.250. The van der Waals surface area contributed by atoms with Gasteiger partial charge >= 0.3 is 5.97 Å². The van der Waals surface area contributed by atoms with Crippen LogP contribution in [0, 0.1) is 11.3 Å². The molecule has 0 aliphatic heterocycles. The van der Waals surface area contributed by atoms with Crippen LogP contribution >= 0.6 is 0 Å². The molecule has 0 saturated carbocycles. The number of carboxylic acid groups (broad SMARTS) is 1. The van der Waals surface area contributed by atoms with Gasteiger partial charge in [0.2, 0.25) is 0 Å². The minimum absolute atomic E-state index is 0.0183. The number of hydrogen-bond acceptors (Lipinski definition) is 5. The highest BCUT2D eigenvalue weighted by Gasteiger charge is 2.19. The molecule has 0 bridgehead atoms. The summed E-state index contributed by atoms with van der Waals surface area (Å²) in [6.45, 7) is 5.18. The van der Waals surface area contributed by atoms with Crippen molar-refractivity contribution in [3.8, 4) is 17.6 Å². The zero-order valence-corrected chi connectivity index (χ0v) is 15.2. The zero-order valence-electron chi connectivity index (χ0n) is 15.2. The van der Waals surface area contributed by atoms with Crippen LogP contribution in [0.5, 0.6) is 11.5 Å². The second-order valence-corrected chi connectivity index (χ2v) is 6.04. The van der Waals surface area contributed by atoms with Gasteiger partial charge in [0.25, 0.3) is 5.91 Å². The summed E-state index contributed by atoms with van der Waals surface area (Å²) < 4.78 is 11.2. The van der Waals surface area contributed by atoms with Crippen LogP contribution < -0.4 is 14.8 Å². The number of nitriles is 1. The Morgan fingerprint density at radius 2 is 1.78 bits per heavy atom. The van der Waals surface area contributed by atoms with Crippen molar-refractivity contribution in [2.24, 2.45) is 0 Å². The topological polar surface area (TPSA) is 109 Å². The number of anilines is 1. The highest BCUT2D eigenvalue weighted by atomic mass is 16.5. The van der Waals surface area contributed by atoms with Crippen LogP contribution in [0.15, 0.2) is 42.5 Å². The molecule has 0 heterocycles. The SMILES string of the molecule is CC(C)Oc1ccc(C(=O)O)cc1NC(=O)C(C)Oc1ccccc1C#N. The number of carbonyl (C=O) groups is 2. The van der Waals surface area contributed by atoms with Gasteiger partial charge in [-0.3, -0.25) is 4.79 Å². The minimum Gasteiger partial charge on any atom is -0.489 e. The van der Waals surface area contributed by atoms with Gasteiger partial charge in [-0.1, -0.05) is 12.1 Å². The molecule has 7 heteroatoms. The lowest BCUT2D eigenvalue weighted by molar-refractivity contribution is -0.122. The molecule has 0 radical (unpaired) electrons. The van der Waals surface area contributed by atoms with E-state index in [9.17, 15) is 9.59 Å². The monoisotopic (exact) mass is 368 g/mol. The number of carboxylic acids is 1. The third-order valence-electron chi connectivity index (χ3n) is 3.53. The van der Waals surface area contributed by atoms with Gasteiger partial charge < -0.3 is 19.9 Å². The maximum absolute atomic E-state index is 12.5. The summed E-state index contributed by atoms with van der Waals surface area (Å²) in [5.41, 5.74) is 0.566. The highest BCUT2D eigenvalue weighted by Crippen LogP contribution is 2.27. The molecule has 0 aromatic heterocycles. The Morgan fingerprint density at radius 3 is 2.41 bits per heavy atom. The summed E-state index contributed by atoms with van der Waals surface area (Å²) in [5, 5.41) is 20.9. The van der Waals surface area contributed by atoms with Crippen molar-refractivity contribution in [1.29, 1.82) is 5.26 Å². The molecular formula is C20H20N2O5. The number of para-hydroxylation sites is 1. The number of rotatable bonds is 7. The van der Waals surface area contributed by atoms with Gasteiger partial charge in [0.05, 0.1) is 22.9 Å². The molecule has 1 atom stereocenters. The number of carbonyl (C=O) groups excluding carboxylic acids is 1. The molecule has 140 valence electrons. The lowest BCUT2D eigenvalue weighted by atomic mass is 10.1. The second-order valence-electron chi connectivity index (χ2n) is 6.04. The number of nitrogens with one attached hydrogen (secondary N) is 1. The van der Waals surface area contributed by atoms with E-state index in [0.717, 1.165) is 0 Å². The molecular weight excluding hydrogens is 348 g/mol. The Hall–Kier alpha value is -3.53. The van der Waals surface area contributed by atoms with Crippen LogP contribution in [0.2, 0.25) is 0 Å². The lowest BCUT2D eigenvalue weighted by Crippen LogP contribution is -2.30. The van der Waals surface area contributed by atoms with E-state index < -0.39 is 18.0 Å². The normalized spacial score (nSPS) is 11.4. The largest absolute Gasteiger partial charge is 0.489 e. The second kappa shape index (κ2) is 8.72. The van der Waals surface area contributed by atoms with Gasteiger partial charge in [0.1, 0.15) is 17.6 Å². The predicted octanol–water partition coefficient (Wildman–Crippen LogP) is 3.45. The third-order valence-corrected chi connectivity index (χ3v) is 3.53. The maximum atomic E-state index is 12.5. The van der Waals surface area contributed by atoms with Gasteiger partial charge in [-0.2, -0.15) is 5.26 Å². The Labute approximate surface area is 157 Å². The number of amides is 1. The molecule has 0 aliphatic carbocycles. The first-order valence-corrected chi connectivity index (χ1v) is 8.32. The van der Waals surface area contributed by atoms with Crippen molar-refractivity contribution in [3.05, 3.63) is 53.6 Å². The first kappa shape index (κ1) is 19.8. The molecule has 2 aromatic carbocycles. The molecule has 0 spiro atoms. The van der Waals surface area contributed by atoms with Crippen LogP contribution in [0.1, 0.15) is 36.7 Å². The summed E-state index contributed by atoms with van der Waals surface area (Å²) >= 11 is 0. The molecule has 0 saturated heterocycles. The lowest BCUT2D eigenvalue weighted by Gasteiger charge is -2.18. The van der Waals surface area contributed by atoms with E-state index in [-0.39, 0.29) is 17.4 Å². The van der Waals surface area contributed by atoms with Crippen molar-refractivity contribution in [2.75, 3.05) is 5.32 Å². The van der Waals surface area contributed by atoms with Gasteiger partial charge in [-0.05, 0) is 51.1 Å². The van der Waals surface area contributed by atoms with Crippen molar-refractivity contribution in [2.45, 2.75) is 33.0 Å². The van der Waals surface area contributed by atoms with Crippen molar-refractivity contribution < 1.29 is 24.2 Å². The number of nitrogens with zero attached hydrogens (tertiary/aromatic N) is 1. The van der Waals surface area contributed by atoms with Crippen LogP contribution in [-0.2, 0) is 4.79 Å². The first-order chi connectivity index (χ1) is 12.8. The van der Waals surface area contributed by atoms with Crippen molar-refractivity contribution in [3.63, 3.8) is 0 Å². The summed E-state index contributed by atoms with van der Waals surface area (Å²) in [4.78, 5) is 23.7. The summed E-state index contributed by atoms with van der Waals surface area (Å²) in [6.07, 6.45) is -1.08. The molecule has 27 heavy (non-hydrogen) atoms. The number of hydrogen-bond donors (Lipinski definition) is 2. The van der Waals surface area contributed by atoms with E-state index in [1.165, 1.54) is 25.1 Å². The van der Waals surface area contributed by atoms with Crippen LogP contribution in [0.25, 0.3) is 0 Å². The fourth-order valence-electron chi connectivity index (χ4n) is 2.26. The quantitative estimate of drug-likeness (QED) is 0.775. The van der Waals surface area contributed by atoms with Gasteiger partial charge in [0, 0.05) is 0 Å². The molecule has 2 aromatic rings. The average Bonchev–Trinajstić information content (AvgIpc) is 2.62. The Balaban J connectivity index is 2.21. The van der Waals surface area contributed by atoms with Gasteiger partial charge in [-0.25, -0.2) is 4.79 Å². The Kier molecular flexibility index (Phi) is 6.39.